The molecule has 4 nitrogen and oxygen atoms in total. The van der Waals surface area contributed by atoms with Crippen molar-refractivity contribution in [2.45, 2.75) is 45.2 Å². The number of hydrogen-bond acceptors (Lipinski definition) is 3. The van der Waals surface area contributed by atoms with Crippen molar-refractivity contribution < 1.29 is 0 Å². The Balaban J connectivity index is 2.24. The minimum Gasteiger partial charge on any atom is -0.325 e. The summed E-state index contributed by atoms with van der Waals surface area (Å²) in [5, 5.41) is 0. The zero-order valence-electron chi connectivity index (χ0n) is 10.3. The van der Waals surface area contributed by atoms with E-state index in [1.165, 1.54) is 18.7 Å². The number of nitrogens with zero attached hydrogens (tertiary/aromatic N) is 3. The third-order valence-corrected chi connectivity index (χ3v) is 3.29. The van der Waals surface area contributed by atoms with Crippen LogP contribution in [0.15, 0.2) is 12.1 Å². The number of hydrogen-bond donors (Lipinski definition) is 1. The zero-order chi connectivity index (χ0) is 12.0. The Morgan fingerprint density at radius 2 is 2.12 bits per heavy atom. The third-order valence-electron chi connectivity index (χ3n) is 3.29. The molecule has 0 saturated heterocycles. The molecule has 2 aromatic heterocycles. The summed E-state index contributed by atoms with van der Waals surface area (Å²) in [5.41, 5.74) is 8.57. The summed E-state index contributed by atoms with van der Waals surface area (Å²) in [5.74, 6) is 1.85. The van der Waals surface area contributed by atoms with Crippen LogP contribution in [0.4, 0.5) is 0 Å². The van der Waals surface area contributed by atoms with E-state index < -0.39 is 0 Å². The minimum absolute atomic E-state index is 0.399. The van der Waals surface area contributed by atoms with Gasteiger partial charge in [0.25, 0.3) is 0 Å². The van der Waals surface area contributed by atoms with Crippen molar-refractivity contribution in [2.24, 2.45) is 5.73 Å². The second kappa shape index (κ2) is 3.81. The van der Waals surface area contributed by atoms with E-state index in [0.29, 0.717) is 18.5 Å². The van der Waals surface area contributed by atoms with E-state index in [4.69, 9.17) is 10.7 Å². The summed E-state index contributed by atoms with van der Waals surface area (Å²) in [4.78, 5) is 9.35. The number of imidazole rings is 1. The van der Waals surface area contributed by atoms with E-state index in [1.807, 2.05) is 12.1 Å². The molecule has 0 atom stereocenters. The maximum Gasteiger partial charge on any atom is 0.160 e. The predicted octanol–water partition coefficient (Wildman–Crippen LogP) is 2.35. The second-order valence-corrected chi connectivity index (χ2v) is 5.06. The lowest BCUT2D eigenvalue weighted by Gasteiger charge is -2.12. The molecule has 3 rings (SSSR count). The van der Waals surface area contributed by atoms with Crippen molar-refractivity contribution in [2.75, 3.05) is 0 Å². The molecule has 1 aliphatic rings. The van der Waals surface area contributed by atoms with Crippen LogP contribution in [0, 0.1) is 0 Å². The standard InChI is InChI=1S/C13H18N4/c1-8(2)17-12(9-3-4-9)16-11-6-5-10(7-14)15-13(11)17/h5-6,8-9H,3-4,7,14H2,1-2H3. The maximum atomic E-state index is 5.65. The molecule has 0 unspecified atom stereocenters. The van der Waals surface area contributed by atoms with E-state index >= 15 is 0 Å². The van der Waals surface area contributed by atoms with Gasteiger partial charge < -0.3 is 10.3 Å². The monoisotopic (exact) mass is 230 g/mol. The lowest BCUT2D eigenvalue weighted by Crippen LogP contribution is -2.07. The molecule has 0 radical (unpaired) electrons. The fourth-order valence-electron chi connectivity index (χ4n) is 2.28. The molecule has 0 aliphatic heterocycles. The molecular formula is C13H18N4. The van der Waals surface area contributed by atoms with Crippen LogP contribution in [0.5, 0.6) is 0 Å². The van der Waals surface area contributed by atoms with Crippen LogP contribution in [-0.2, 0) is 6.54 Å². The highest BCUT2D eigenvalue weighted by Gasteiger charge is 2.30. The van der Waals surface area contributed by atoms with E-state index in [0.717, 1.165) is 16.9 Å². The highest BCUT2D eigenvalue weighted by molar-refractivity contribution is 5.72. The summed E-state index contributed by atoms with van der Waals surface area (Å²) in [6.45, 7) is 4.85. The number of aromatic nitrogens is 3. The first-order valence-corrected chi connectivity index (χ1v) is 6.28. The van der Waals surface area contributed by atoms with Crippen molar-refractivity contribution >= 4 is 11.2 Å². The Bertz CT molecular complexity index is 552. The molecule has 1 fully saturated rings. The van der Waals surface area contributed by atoms with Crippen molar-refractivity contribution in [1.29, 1.82) is 0 Å². The Morgan fingerprint density at radius 3 is 2.71 bits per heavy atom. The lowest BCUT2D eigenvalue weighted by molar-refractivity contribution is 0.581. The number of fused-ring (bicyclic) bond motifs is 1. The Morgan fingerprint density at radius 1 is 1.35 bits per heavy atom. The molecule has 17 heavy (non-hydrogen) atoms. The molecule has 1 aliphatic carbocycles. The van der Waals surface area contributed by atoms with Gasteiger partial charge in [-0.2, -0.15) is 0 Å². The summed E-state index contributed by atoms with van der Waals surface area (Å²) < 4.78 is 2.27. The second-order valence-electron chi connectivity index (χ2n) is 5.06. The Labute approximate surface area is 101 Å². The average molecular weight is 230 g/mol. The molecule has 1 saturated carbocycles. The molecule has 2 N–H and O–H groups in total. The van der Waals surface area contributed by atoms with Crippen molar-refractivity contribution in [3.05, 3.63) is 23.7 Å². The Hall–Kier alpha value is -1.42. The summed E-state index contributed by atoms with van der Waals surface area (Å²) in [6, 6.07) is 4.41. The molecular weight excluding hydrogens is 212 g/mol. The van der Waals surface area contributed by atoms with Crippen LogP contribution >= 0.6 is 0 Å². The summed E-state index contributed by atoms with van der Waals surface area (Å²) in [6.07, 6.45) is 2.53. The first-order chi connectivity index (χ1) is 8.20. The highest BCUT2D eigenvalue weighted by Crippen LogP contribution is 2.41. The van der Waals surface area contributed by atoms with Crippen LogP contribution in [-0.4, -0.2) is 14.5 Å². The first kappa shape index (κ1) is 10.7. The van der Waals surface area contributed by atoms with Crippen LogP contribution in [0.25, 0.3) is 11.2 Å². The van der Waals surface area contributed by atoms with Gasteiger partial charge in [-0.1, -0.05) is 0 Å². The summed E-state index contributed by atoms with van der Waals surface area (Å²) >= 11 is 0. The van der Waals surface area contributed by atoms with Crippen LogP contribution in [0.1, 0.15) is 50.2 Å². The topological polar surface area (TPSA) is 56.7 Å². The van der Waals surface area contributed by atoms with Gasteiger partial charge in [0, 0.05) is 18.5 Å². The van der Waals surface area contributed by atoms with Gasteiger partial charge in [0.2, 0.25) is 0 Å². The van der Waals surface area contributed by atoms with Gasteiger partial charge in [-0.3, -0.25) is 0 Å². The summed E-state index contributed by atoms with van der Waals surface area (Å²) in [7, 11) is 0. The molecule has 2 aromatic rings. The van der Waals surface area contributed by atoms with E-state index in [2.05, 4.69) is 23.4 Å². The number of rotatable bonds is 3. The molecule has 4 heteroatoms. The molecule has 90 valence electrons. The highest BCUT2D eigenvalue weighted by atomic mass is 15.2. The number of pyridine rings is 1. The van der Waals surface area contributed by atoms with E-state index in [1.54, 1.807) is 0 Å². The van der Waals surface area contributed by atoms with E-state index in [9.17, 15) is 0 Å². The minimum atomic E-state index is 0.399. The number of nitrogens with two attached hydrogens (primary N) is 1. The first-order valence-electron chi connectivity index (χ1n) is 6.28. The van der Waals surface area contributed by atoms with Gasteiger partial charge in [0.1, 0.15) is 11.3 Å². The Kier molecular flexibility index (Phi) is 2.40. The molecule has 0 spiro atoms. The SMILES string of the molecule is CC(C)n1c(C2CC2)nc2ccc(CN)nc21. The fourth-order valence-corrected chi connectivity index (χ4v) is 2.28. The lowest BCUT2D eigenvalue weighted by atomic mass is 10.3. The smallest absolute Gasteiger partial charge is 0.160 e. The van der Waals surface area contributed by atoms with Gasteiger partial charge in [-0.05, 0) is 38.8 Å². The quantitative estimate of drug-likeness (QED) is 0.880. The maximum absolute atomic E-state index is 5.65. The molecule has 0 bridgehead atoms. The predicted molar refractivity (Wildman–Crippen MR) is 67.8 cm³/mol. The van der Waals surface area contributed by atoms with Crippen molar-refractivity contribution in [3.8, 4) is 0 Å². The average Bonchev–Trinajstić information content (AvgIpc) is 3.08. The molecule has 0 aromatic carbocycles. The largest absolute Gasteiger partial charge is 0.325 e. The third kappa shape index (κ3) is 1.72. The van der Waals surface area contributed by atoms with E-state index in [-0.39, 0.29) is 0 Å². The molecule has 0 amide bonds. The van der Waals surface area contributed by atoms with Gasteiger partial charge in [0.05, 0.1) is 5.69 Å². The van der Waals surface area contributed by atoms with Crippen molar-refractivity contribution in [3.63, 3.8) is 0 Å². The van der Waals surface area contributed by atoms with Crippen molar-refractivity contribution in [1.82, 2.24) is 14.5 Å². The molecule has 2 heterocycles. The zero-order valence-corrected chi connectivity index (χ0v) is 10.3. The fraction of sp³-hybridized carbons (Fsp3) is 0.538. The normalized spacial score (nSPS) is 16.0. The van der Waals surface area contributed by atoms with Gasteiger partial charge in [0.15, 0.2) is 5.65 Å². The van der Waals surface area contributed by atoms with Gasteiger partial charge >= 0.3 is 0 Å². The van der Waals surface area contributed by atoms with Crippen LogP contribution in [0.2, 0.25) is 0 Å². The van der Waals surface area contributed by atoms with Gasteiger partial charge in [-0.15, -0.1) is 0 Å². The van der Waals surface area contributed by atoms with Gasteiger partial charge in [-0.25, -0.2) is 9.97 Å². The van der Waals surface area contributed by atoms with Crippen LogP contribution < -0.4 is 5.73 Å². The van der Waals surface area contributed by atoms with Crippen LogP contribution in [0.3, 0.4) is 0 Å².